The number of piperidine rings is 1. The standard InChI is InChI=1S/C11H22N2O2/c1-13(10-5-3-7-12-9-10)11(14)6-4-8-15-2/h10,12H,3-9H2,1-2H3. The van der Waals surface area contributed by atoms with Crippen LogP contribution >= 0.6 is 0 Å². The number of ether oxygens (including phenoxy) is 1. The third-order valence-electron chi connectivity index (χ3n) is 2.95. The van der Waals surface area contributed by atoms with Crippen molar-refractivity contribution in [1.82, 2.24) is 10.2 Å². The Hall–Kier alpha value is -0.610. The molecule has 0 aromatic heterocycles. The molecule has 15 heavy (non-hydrogen) atoms. The van der Waals surface area contributed by atoms with E-state index in [2.05, 4.69) is 5.32 Å². The quantitative estimate of drug-likeness (QED) is 0.682. The van der Waals surface area contributed by atoms with Crippen molar-refractivity contribution in [3.63, 3.8) is 0 Å². The SMILES string of the molecule is COCCCC(=O)N(C)C1CCCNC1. The van der Waals surface area contributed by atoms with Gasteiger partial charge in [-0.25, -0.2) is 0 Å². The third-order valence-corrected chi connectivity index (χ3v) is 2.95. The highest BCUT2D eigenvalue weighted by molar-refractivity contribution is 5.76. The molecule has 1 rings (SSSR count). The molecule has 0 saturated carbocycles. The summed E-state index contributed by atoms with van der Waals surface area (Å²) in [7, 11) is 3.58. The summed E-state index contributed by atoms with van der Waals surface area (Å²) < 4.78 is 4.93. The summed E-state index contributed by atoms with van der Waals surface area (Å²) in [5.41, 5.74) is 0. The topological polar surface area (TPSA) is 41.6 Å². The number of carbonyl (C=O) groups excluding carboxylic acids is 1. The molecular formula is C11H22N2O2. The van der Waals surface area contributed by atoms with Crippen LogP contribution in [0.25, 0.3) is 0 Å². The zero-order valence-electron chi connectivity index (χ0n) is 9.79. The Bertz CT molecular complexity index is 191. The van der Waals surface area contributed by atoms with E-state index in [1.807, 2.05) is 11.9 Å². The summed E-state index contributed by atoms with van der Waals surface area (Å²) in [4.78, 5) is 13.7. The van der Waals surface area contributed by atoms with Gasteiger partial charge in [0.05, 0.1) is 0 Å². The van der Waals surface area contributed by atoms with Crippen LogP contribution < -0.4 is 5.32 Å². The minimum Gasteiger partial charge on any atom is -0.385 e. The van der Waals surface area contributed by atoms with Gasteiger partial charge in [0.1, 0.15) is 0 Å². The molecule has 1 unspecified atom stereocenters. The molecule has 1 aliphatic rings. The second kappa shape index (κ2) is 6.80. The fourth-order valence-corrected chi connectivity index (χ4v) is 1.91. The van der Waals surface area contributed by atoms with Crippen molar-refractivity contribution < 1.29 is 9.53 Å². The second-order valence-corrected chi connectivity index (χ2v) is 4.10. The highest BCUT2D eigenvalue weighted by Crippen LogP contribution is 2.10. The van der Waals surface area contributed by atoms with Gasteiger partial charge in [0.25, 0.3) is 0 Å². The van der Waals surface area contributed by atoms with Crippen LogP contribution in [-0.4, -0.2) is 50.7 Å². The fraction of sp³-hybridized carbons (Fsp3) is 0.909. The van der Waals surface area contributed by atoms with Gasteiger partial charge in [0.15, 0.2) is 0 Å². The molecule has 1 fully saturated rings. The number of hydrogen-bond acceptors (Lipinski definition) is 3. The van der Waals surface area contributed by atoms with E-state index in [1.165, 1.54) is 6.42 Å². The summed E-state index contributed by atoms with van der Waals surface area (Å²) in [6, 6.07) is 0.383. The normalized spacial score (nSPS) is 21.3. The van der Waals surface area contributed by atoms with E-state index in [0.29, 0.717) is 19.1 Å². The van der Waals surface area contributed by atoms with Crippen molar-refractivity contribution in [2.45, 2.75) is 31.7 Å². The zero-order chi connectivity index (χ0) is 11.1. The Morgan fingerprint density at radius 3 is 3.00 bits per heavy atom. The molecule has 88 valence electrons. The predicted octanol–water partition coefficient (Wildman–Crippen LogP) is 0.623. The summed E-state index contributed by atoms with van der Waals surface area (Å²) in [5, 5.41) is 3.32. The number of carbonyl (C=O) groups is 1. The Labute approximate surface area is 92.0 Å². The molecule has 1 aliphatic heterocycles. The van der Waals surface area contributed by atoms with Crippen LogP contribution in [0.1, 0.15) is 25.7 Å². The summed E-state index contributed by atoms with van der Waals surface area (Å²) >= 11 is 0. The third kappa shape index (κ3) is 4.18. The van der Waals surface area contributed by atoms with Crippen molar-refractivity contribution >= 4 is 5.91 Å². The minimum atomic E-state index is 0.237. The maximum atomic E-state index is 11.8. The predicted molar refractivity (Wildman–Crippen MR) is 59.8 cm³/mol. The molecule has 0 aromatic carbocycles. The van der Waals surface area contributed by atoms with Crippen molar-refractivity contribution in [2.75, 3.05) is 33.9 Å². The molecular weight excluding hydrogens is 192 g/mol. The molecule has 4 heteroatoms. The first-order chi connectivity index (χ1) is 7.25. The lowest BCUT2D eigenvalue weighted by molar-refractivity contribution is -0.132. The number of rotatable bonds is 5. The lowest BCUT2D eigenvalue weighted by Gasteiger charge is -2.31. The maximum Gasteiger partial charge on any atom is 0.222 e. The summed E-state index contributed by atoms with van der Waals surface area (Å²) in [5.74, 6) is 0.237. The maximum absolute atomic E-state index is 11.8. The molecule has 0 radical (unpaired) electrons. The van der Waals surface area contributed by atoms with Gasteiger partial charge in [-0.2, -0.15) is 0 Å². The van der Waals surface area contributed by atoms with Crippen LogP contribution in [0, 0.1) is 0 Å². The van der Waals surface area contributed by atoms with Gasteiger partial charge < -0.3 is 15.0 Å². The van der Waals surface area contributed by atoms with E-state index < -0.39 is 0 Å². The van der Waals surface area contributed by atoms with Gasteiger partial charge in [0, 0.05) is 39.8 Å². The number of methoxy groups -OCH3 is 1. The monoisotopic (exact) mass is 214 g/mol. The van der Waals surface area contributed by atoms with Gasteiger partial charge in [-0.05, 0) is 25.8 Å². The lowest BCUT2D eigenvalue weighted by atomic mass is 10.1. The van der Waals surface area contributed by atoms with Crippen LogP contribution in [0.5, 0.6) is 0 Å². The Morgan fingerprint density at radius 2 is 2.40 bits per heavy atom. The first kappa shape index (κ1) is 12.5. The number of likely N-dealkylation sites (N-methyl/N-ethyl adjacent to an activating group) is 1. The van der Waals surface area contributed by atoms with E-state index in [4.69, 9.17) is 4.74 Å². The van der Waals surface area contributed by atoms with Crippen molar-refractivity contribution in [3.8, 4) is 0 Å². The smallest absolute Gasteiger partial charge is 0.222 e. The first-order valence-corrected chi connectivity index (χ1v) is 5.71. The minimum absolute atomic E-state index is 0.237. The number of amides is 1. The second-order valence-electron chi connectivity index (χ2n) is 4.10. The molecule has 0 bridgehead atoms. The number of hydrogen-bond donors (Lipinski definition) is 1. The van der Waals surface area contributed by atoms with Crippen LogP contribution in [0.4, 0.5) is 0 Å². The zero-order valence-corrected chi connectivity index (χ0v) is 9.79. The van der Waals surface area contributed by atoms with Crippen LogP contribution in [0.2, 0.25) is 0 Å². The molecule has 1 amide bonds. The van der Waals surface area contributed by atoms with E-state index >= 15 is 0 Å². The number of nitrogens with one attached hydrogen (secondary N) is 1. The molecule has 1 heterocycles. The van der Waals surface area contributed by atoms with Gasteiger partial charge in [0.2, 0.25) is 5.91 Å². The summed E-state index contributed by atoms with van der Waals surface area (Å²) in [6.45, 7) is 2.69. The van der Waals surface area contributed by atoms with Gasteiger partial charge in [-0.15, -0.1) is 0 Å². The Kier molecular flexibility index (Phi) is 5.65. The molecule has 1 atom stereocenters. The van der Waals surface area contributed by atoms with Gasteiger partial charge >= 0.3 is 0 Å². The van der Waals surface area contributed by atoms with Crippen LogP contribution in [0.15, 0.2) is 0 Å². The molecule has 0 aliphatic carbocycles. The van der Waals surface area contributed by atoms with Crippen molar-refractivity contribution in [1.29, 1.82) is 0 Å². The molecule has 1 saturated heterocycles. The van der Waals surface area contributed by atoms with E-state index in [0.717, 1.165) is 25.9 Å². The molecule has 4 nitrogen and oxygen atoms in total. The van der Waals surface area contributed by atoms with E-state index in [1.54, 1.807) is 7.11 Å². The average molecular weight is 214 g/mol. The Morgan fingerprint density at radius 1 is 1.60 bits per heavy atom. The Balaban J connectivity index is 2.24. The van der Waals surface area contributed by atoms with Crippen molar-refractivity contribution in [3.05, 3.63) is 0 Å². The van der Waals surface area contributed by atoms with E-state index in [-0.39, 0.29) is 5.91 Å². The largest absolute Gasteiger partial charge is 0.385 e. The molecule has 0 spiro atoms. The van der Waals surface area contributed by atoms with Crippen LogP contribution in [0.3, 0.4) is 0 Å². The molecule has 0 aromatic rings. The van der Waals surface area contributed by atoms with E-state index in [9.17, 15) is 4.79 Å². The highest BCUT2D eigenvalue weighted by Gasteiger charge is 2.21. The highest BCUT2D eigenvalue weighted by atomic mass is 16.5. The summed E-state index contributed by atoms with van der Waals surface area (Å²) in [6.07, 6.45) is 3.71. The van der Waals surface area contributed by atoms with Crippen molar-refractivity contribution in [2.24, 2.45) is 0 Å². The average Bonchev–Trinajstić information content (AvgIpc) is 2.29. The first-order valence-electron chi connectivity index (χ1n) is 5.71. The van der Waals surface area contributed by atoms with Gasteiger partial charge in [-0.1, -0.05) is 0 Å². The van der Waals surface area contributed by atoms with Gasteiger partial charge in [-0.3, -0.25) is 4.79 Å². The van der Waals surface area contributed by atoms with Crippen LogP contribution in [-0.2, 0) is 9.53 Å². The number of nitrogens with zero attached hydrogens (tertiary/aromatic N) is 1. The molecule has 1 N–H and O–H groups in total. The lowest BCUT2D eigenvalue weighted by Crippen LogP contribution is -2.46. The fourth-order valence-electron chi connectivity index (χ4n) is 1.91.